The standard InChI is InChI=1S/C17H19N5O2S/c1-17(2,3)24-16(23)22-15-21-13-14(25-15)20-12(9-19-13)11-6-4-10(8-18)5-7-11/h6,9-10H,4-5,7H2,1-3H3,(H,19,21,22,23). The van der Waals surface area contributed by atoms with Crippen molar-refractivity contribution in [1.29, 1.82) is 5.26 Å². The van der Waals surface area contributed by atoms with Gasteiger partial charge >= 0.3 is 6.09 Å². The predicted molar refractivity (Wildman–Crippen MR) is 96.0 cm³/mol. The van der Waals surface area contributed by atoms with Crippen molar-refractivity contribution >= 4 is 38.6 Å². The van der Waals surface area contributed by atoms with Crippen molar-refractivity contribution in [3.05, 3.63) is 18.0 Å². The largest absolute Gasteiger partial charge is 0.444 e. The molecule has 7 nitrogen and oxygen atoms in total. The lowest BCUT2D eigenvalue weighted by molar-refractivity contribution is 0.0636. The topological polar surface area (TPSA) is 101 Å². The van der Waals surface area contributed by atoms with Crippen molar-refractivity contribution in [3.63, 3.8) is 0 Å². The van der Waals surface area contributed by atoms with Gasteiger partial charge in [-0.15, -0.1) is 0 Å². The molecule has 130 valence electrons. The van der Waals surface area contributed by atoms with Gasteiger partial charge in [0.05, 0.1) is 23.9 Å². The summed E-state index contributed by atoms with van der Waals surface area (Å²) in [6, 6.07) is 2.30. The molecule has 8 heteroatoms. The first kappa shape index (κ1) is 17.3. The summed E-state index contributed by atoms with van der Waals surface area (Å²) in [5.41, 5.74) is 1.83. The Morgan fingerprint density at radius 1 is 1.44 bits per heavy atom. The van der Waals surface area contributed by atoms with Crippen molar-refractivity contribution in [2.24, 2.45) is 5.92 Å². The average molecular weight is 357 g/mol. The lowest BCUT2D eigenvalue weighted by atomic mass is 9.89. The maximum Gasteiger partial charge on any atom is 0.413 e. The number of aromatic nitrogens is 3. The highest BCUT2D eigenvalue weighted by Crippen LogP contribution is 2.30. The monoisotopic (exact) mass is 357 g/mol. The Hall–Kier alpha value is -2.53. The SMILES string of the molecule is CC(C)(C)OC(=O)Nc1nc2ncc(C3=CCC(C#N)CC3)nc2s1. The molecule has 0 radical (unpaired) electrons. The molecular formula is C17H19N5O2S. The number of anilines is 1. The maximum absolute atomic E-state index is 11.8. The molecule has 2 aromatic heterocycles. The van der Waals surface area contributed by atoms with Crippen LogP contribution in [0, 0.1) is 17.2 Å². The van der Waals surface area contributed by atoms with Crippen LogP contribution in [0.25, 0.3) is 16.1 Å². The van der Waals surface area contributed by atoms with Crippen LogP contribution in [0.3, 0.4) is 0 Å². The second-order valence-electron chi connectivity index (χ2n) is 6.86. The van der Waals surface area contributed by atoms with Gasteiger partial charge in [0.2, 0.25) is 0 Å². The Morgan fingerprint density at radius 2 is 2.24 bits per heavy atom. The summed E-state index contributed by atoms with van der Waals surface area (Å²) < 4.78 is 5.22. The van der Waals surface area contributed by atoms with Gasteiger partial charge in [0.15, 0.2) is 15.6 Å². The third kappa shape index (κ3) is 4.31. The minimum absolute atomic E-state index is 0.0912. The second kappa shape index (κ2) is 6.76. The zero-order chi connectivity index (χ0) is 18.0. The van der Waals surface area contributed by atoms with E-state index < -0.39 is 11.7 Å². The minimum Gasteiger partial charge on any atom is -0.444 e. The van der Waals surface area contributed by atoms with Crippen LogP contribution in [-0.4, -0.2) is 26.6 Å². The molecule has 0 spiro atoms. The molecule has 1 atom stereocenters. The van der Waals surface area contributed by atoms with E-state index in [2.05, 4.69) is 32.4 Å². The fourth-order valence-electron chi connectivity index (χ4n) is 2.50. The van der Waals surface area contributed by atoms with Crippen LogP contribution in [0.15, 0.2) is 12.3 Å². The van der Waals surface area contributed by atoms with E-state index in [0.29, 0.717) is 15.6 Å². The molecule has 0 saturated heterocycles. The van der Waals surface area contributed by atoms with E-state index in [9.17, 15) is 4.79 Å². The molecule has 0 aliphatic heterocycles. The zero-order valence-corrected chi connectivity index (χ0v) is 15.2. The number of hydrogen-bond donors (Lipinski definition) is 1. The number of nitrogens with one attached hydrogen (secondary N) is 1. The van der Waals surface area contributed by atoms with E-state index >= 15 is 0 Å². The number of ether oxygens (including phenoxy) is 1. The highest BCUT2D eigenvalue weighted by atomic mass is 32.1. The Balaban J connectivity index is 1.77. The van der Waals surface area contributed by atoms with Gasteiger partial charge < -0.3 is 4.74 Å². The fourth-order valence-corrected chi connectivity index (χ4v) is 3.29. The number of hydrogen-bond acceptors (Lipinski definition) is 7. The first-order valence-corrected chi connectivity index (χ1v) is 8.88. The summed E-state index contributed by atoms with van der Waals surface area (Å²) >= 11 is 1.26. The number of carbonyl (C=O) groups excluding carboxylic acids is 1. The molecular weight excluding hydrogens is 338 g/mol. The van der Waals surface area contributed by atoms with Crippen LogP contribution in [0.5, 0.6) is 0 Å². The first-order valence-electron chi connectivity index (χ1n) is 8.06. The van der Waals surface area contributed by atoms with Crippen LogP contribution in [-0.2, 0) is 4.74 Å². The molecule has 2 aromatic rings. The molecule has 1 aliphatic rings. The van der Waals surface area contributed by atoms with Gasteiger partial charge in [0.25, 0.3) is 0 Å². The van der Waals surface area contributed by atoms with Crippen LogP contribution in [0.2, 0.25) is 0 Å². The van der Waals surface area contributed by atoms with E-state index in [0.717, 1.165) is 30.5 Å². The molecule has 0 bridgehead atoms. The normalized spacial score (nSPS) is 17.7. The number of amides is 1. The Kier molecular flexibility index (Phi) is 4.68. The molecule has 1 amide bonds. The summed E-state index contributed by atoms with van der Waals surface area (Å²) in [5, 5.41) is 12.0. The van der Waals surface area contributed by atoms with Gasteiger partial charge in [-0.25, -0.2) is 14.8 Å². The Morgan fingerprint density at radius 3 is 2.88 bits per heavy atom. The van der Waals surface area contributed by atoms with E-state index in [4.69, 9.17) is 10.00 Å². The van der Waals surface area contributed by atoms with E-state index in [1.165, 1.54) is 11.3 Å². The summed E-state index contributed by atoms with van der Waals surface area (Å²) in [6.45, 7) is 5.40. The van der Waals surface area contributed by atoms with E-state index in [1.54, 1.807) is 27.0 Å². The zero-order valence-electron chi connectivity index (χ0n) is 14.4. The smallest absolute Gasteiger partial charge is 0.413 e. The van der Waals surface area contributed by atoms with Gasteiger partial charge in [-0.2, -0.15) is 10.2 Å². The van der Waals surface area contributed by atoms with Gasteiger partial charge in [0.1, 0.15) is 5.60 Å². The van der Waals surface area contributed by atoms with Crippen LogP contribution < -0.4 is 5.32 Å². The van der Waals surface area contributed by atoms with Crippen LogP contribution in [0.1, 0.15) is 45.7 Å². The Labute approximate surface area is 149 Å². The van der Waals surface area contributed by atoms with Gasteiger partial charge in [-0.05, 0) is 45.6 Å². The summed E-state index contributed by atoms with van der Waals surface area (Å²) in [7, 11) is 0. The number of fused-ring (bicyclic) bond motifs is 1. The average Bonchev–Trinajstić information content (AvgIpc) is 2.94. The quantitative estimate of drug-likeness (QED) is 0.867. The minimum atomic E-state index is -0.570. The maximum atomic E-state index is 11.8. The molecule has 1 aliphatic carbocycles. The number of nitrogens with zero attached hydrogens (tertiary/aromatic N) is 4. The number of carbonyl (C=O) groups is 1. The summed E-state index contributed by atoms with van der Waals surface area (Å²) in [6.07, 6.45) is 5.62. The highest BCUT2D eigenvalue weighted by Gasteiger charge is 2.19. The van der Waals surface area contributed by atoms with Crippen molar-refractivity contribution in [1.82, 2.24) is 15.0 Å². The van der Waals surface area contributed by atoms with E-state index in [1.807, 2.05) is 0 Å². The van der Waals surface area contributed by atoms with Gasteiger partial charge in [-0.3, -0.25) is 5.32 Å². The van der Waals surface area contributed by atoms with Gasteiger partial charge in [-0.1, -0.05) is 17.4 Å². The van der Waals surface area contributed by atoms with Crippen LogP contribution >= 0.6 is 11.3 Å². The third-order valence-corrected chi connectivity index (χ3v) is 4.51. The highest BCUT2D eigenvalue weighted by molar-refractivity contribution is 7.21. The third-order valence-electron chi connectivity index (χ3n) is 3.65. The molecule has 1 N–H and O–H groups in total. The van der Waals surface area contributed by atoms with Crippen molar-refractivity contribution in [2.75, 3.05) is 5.32 Å². The summed E-state index contributed by atoms with van der Waals surface area (Å²) in [4.78, 5) is 25.7. The number of rotatable bonds is 2. The molecule has 0 fully saturated rings. The molecule has 0 saturated carbocycles. The van der Waals surface area contributed by atoms with Crippen LogP contribution in [0.4, 0.5) is 9.93 Å². The number of nitriles is 1. The van der Waals surface area contributed by atoms with Crippen molar-refractivity contribution < 1.29 is 9.53 Å². The van der Waals surface area contributed by atoms with Crippen molar-refractivity contribution in [2.45, 2.75) is 45.6 Å². The lowest BCUT2D eigenvalue weighted by Gasteiger charge is -2.18. The molecule has 25 heavy (non-hydrogen) atoms. The fraction of sp³-hybridized carbons (Fsp3) is 0.471. The van der Waals surface area contributed by atoms with Crippen molar-refractivity contribution in [3.8, 4) is 6.07 Å². The molecule has 3 rings (SSSR count). The molecule has 1 unspecified atom stereocenters. The lowest BCUT2D eigenvalue weighted by Crippen LogP contribution is -2.27. The number of allylic oxidation sites excluding steroid dienone is 2. The molecule has 2 heterocycles. The number of thiazole rings is 1. The first-order chi connectivity index (χ1) is 11.8. The second-order valence-corrected chi connectivity index (χ2v) is 7.84. The Bertz CT molecular complexity index is 875. The predicted octanol–water partition coefficient (Wildman–Crippen LogP) is 4.14. The summed E-state index contributed by atoms with van der Waals surface area (Å²) in [5.74, 6) is 0.0912. The van der Waals surface area contributed by atoms with Gasteiger partial charge in [0, 0.05) is 0 Å². The molecule has 0 aromatic carbocycles. The van der Waals surface area contributed by atoms with E-state index in [-0.39, 0.29) is 5.92 Å².